The lowest BCUT2D eigenvalue weighted by molar-refractivity contribution is -0.269. The van der Waals surface area contributed by atoms with Gasteiger partial charge in [-0.2, -0.15) is 13.2 Å². The molecule has 13 heteroatoms. The van der Waals surface area contributed by atoms with Crippen LogP contribution in [0.3, 0.4) is 0 Å². The predicted octanol–water partition coefficient (Wildman–Crippen LogP) is 5.33. The van der Waals surface area contributed by atoms with Crippen molar-refractivity contribution in [3.05, 3.63) is 99.6 Å². The van der Waals surface area contributed by atoms with Crippen LogP contribution >= 0.6 is 23.2 Å². The number of nitrogens with one attached hydrogen (secondary N) is 3. The first kappa shape index (κ1) is 27.7. The predicted molar refractivity (Wildman–Crippen MR) is 133 cm³/mol. The molecule has 0 spiro atoms. The maximum absolute atomic E-state index is 14.4. The van der Waals surface area contributed by atoms with E-state index in [2.05, 4.69) is 16.3 Å². The van der Waals surface area contributed by atoms with Gasteiger partial charge in [0, 0.05) is 29.1 Å². The van der Waals surface area contributed by atoms with E-state index in [4.69, 9.17) is 38.0 Å². The number of fused-ring (bicyclic) bond motifs is 1. The fourth-order valence-electron chi connectivity index (χ4n) is 3.86. The zero-order valence-electron chi connectivity index (χ0n) is 19.2. The first-order chi connectivity index (χ1) is 18.1. The van der Waals surface area contributed by atoms with Gasteiger partial charge in [0.15, 0.2) is 5.82 Å². The van der Waals surface area contributed by atoms with Gasteiger partial charge >= 0.3 is 6.18 Å². The average Bonchev–Trinajstić information content (AvgIpc) is 3.35. The third-order valence-electron chi connectivity index (χ3n) is 5.60. The maximum atomic E-state index is 14.4. The summed E-state index contributed by atoms with van der Waals surface area (Å²) in [4.78, 5) is 22.7. The van der Waals surface area contributed by atoms with Crippen LogP contribution in [-0.2, 0) is 15.3 Å². The van der Waals surface area contributed by atoms with Crippen molar-refractivity contribution in [2.45, 2.75) is 11.8 Å². The highest BCUT2D eigenvalue weighted by Crippen LogP contribution is 2.49. The lowest BCUT2D eigenvalue weighted by Gasteiger charge is -2.28. The molecule has 4 rings (SSSR count). The molecular weight excluding hydrogens is 553 g/mol. The molecule has 0 saturated heterocycles. The molecule has 4 N–H and O–H groups in total. The van der Waals surface area contributed by atoms with Gasteiger partial charge in [-0.1, -0.05) is 53.5 Å². The summed E-state index contributed by atoms with van der Waals surface area (Å²) < 4.78 is 57.1. The van der Waals surface area contributed by atoms with E-state index in [1.54, 1.807) is 24.3 Å². The molecule has 1 heterocycles. The highest BCUT2D eigenvalue weighted by molar-refractivity contribution is 6.35. The Labute approximate surface area is 223 Å². The van der Waals surface area contributed by atoms with Crippen molar-refractivity contribution in [1.29, 1.82) is 0 Å². The summed E-state index contributed by atoms with van der Waals surface area (Å²) in [5.74, 6) is -1.54. The highest BCUT2D eigenvalue weighted by atomic mass is 35.5. The maximum Gasteiger partial charge on any atom is 0.428 e. The van der Waals surface area contributed by atoms with E-state index in [0.29, 0.717) is 16.3 Å². The van der Waals surface area contributed by atoms with Gasteiger partial charge in [0.05, 0.1) is 29.0 Å². The quantitative estimate of drug-likeness (QED) is 0.126. The molecule has 1 atom stereocenters. The molecular formula is C25H19Cl2F4N3O4. The molecule has 1 unspecified atom stereocenters. The van der Waals surface area contributed by atoms with Gasteiger partial charge in [0.25, 0.3) is 5.91 Å². The Morgan fingerprint density at radius 2 is 1.79 bits per heavy atom. The first-order valence-corrected chi connectivity index (χ1v) is 11.7. The average molecular weight is 572 g/mol. The van der Waals surface area contributed by atoms with Crippen molar-refractivity contribution in [1.82, 2.24) is 16.3 Å². The Morgan fingerprint density at radius 1 is 1.11 bits per heavy atom. The molecule has 200 valence electrons. The summed E-state index contributed by atoms with van der Waals surface area (Å²) in [5.41, 5.74) is 1.73. The Bertz CT molecular complexity index is 1410. The fourth-order valence-corrected chi connectivity index (χ4v) is 4.35. The fraction of sp³-hybridized carbons (Fsp3) is 0.160. The van der Waals surface area contributed by atoms with Gasteiger partial charge in [-0.15, -0.1) is 0 Å². The lowest BCUT2D eigenvalue weighted by atomic mass is 9.90. The molecule has 0 aromatic heterocycles. The van der Waals surface area contributed by atoms with Crippen LogP contribution < -0.4 is 16.3 Å². The van der Waals surface area contributed by atoms with Gasteiger partial charge in [-0.3, -0.25) is 25.4 Å². The second-order valence-corrected chi connectivity index (χ2v) is 8.77. The standard InChI is InChI=1S/C25H19Cl2F4N3O4/c26-19-11-14(12-20(27)22(19)28)24(25(29,30)31)13-21(34-38-24)17-5-6-18(16-4-2-1-3-15(16)17)23(36)32-7-8-33-37-10-9-35/h1-8,11-13,33-35H,9-10H2,(H,32,36). The number of rotatable bonds is 8. The van der Waals surface area contributed by atoms with E-state index in [-0.39, 0.29) is 24.5 Å². The van der Waals surface area contributed by atoms with Crippen LogP contribution in [0.2, 0.25) is 10.0 Å². The van der Waals surface area contributed by atoms with Crippen LogP contribution in [0.15, 0.2) is 67.0 Å². The van der Waals surface area contributed by atoms with Gasteiger partial charge in [-0.25, -0.2) is 4.39 Å². The van der Waals surface area contributed by atoms with E-state index < -0.39 is 39.1 Å². The number of aliphatic hydroxyl groups is 1. The van der Waals surface area contributed by atoms with Crippen LogP contribution in [0, 0.1) is 5.82 Å². The van der Waals surface area contributed by atoms with Gasteiger partial charge in [-0.05, 0) is 35.0 Å². The highest BCUT2D eigenvalue weighted by Gasteiger charge is 2.60. The summed E-state index contributed by atoms with van der Waals surface area (Å²) in [6.45, 7) is -0.133. The summed E-state index contributed by atoms with van der Waals surface area (Å²) in [6.07, 6.45) is -1.58. The Morgan fingerprint density at radius 3 is 2.45 bits per heavy atom. The minimum absolute atomic E-state index is 0.0350. The molecule has 0 bridgehead atoms. The van der Waals surface area contributed by atoms with Gasteiger partial charge < -0.3 is 10.4 Å². The summed E-state index contributed by atoms with van der Waals surface area (Å²) in [7, 11) is 0. The number of carbonyl (C=O) groups is 1. The third-order valence-corrected chi connectivity index (χ3v) is 6.15. The van der Waals surface area contributed by atoms with Gasteiger partial charge in [0.2, 0.25) is 5.60 Å². The molecule has 0 radical (unpaired) electrons. The molecule has 1 aliphatic rings. The smallest absolute Gasteiger partial charge is 0.394 e. The van der Waals surface area contributed by atoms with E-state index in [1.165, 1.54) is 24.5 Å². The summed E-state index contributed by atoms with van der Waals surface area (Å²) >= 11 is 11.5. The molecule has 3 aromatic carbocycles. The van der Waals surface area contributed by atoms with Gasteiger partial charge in [0.1, 0.15) is 0 Å². The number of hydrogen-bond donors (Lipinski definition) is 4. The molecule has 7 nitrogen and oxygen atoms in total. The Hall–Kier alpha value is -3.35. The van der Waals surface area contributed by atoms with Crippen molar-refractivity contribution in [2.24, 2.45) is 0 Å². The zero-order valence-corrected chi connectivity index (χ0v) is 20.7. The van der Waals surface area contributed by atoms with Crippen molar-refractivity contribution in [3.63, 3.8) is 0 Å². The monoisotopic (exact) mass is 571 g/mol. The molecule has 0 aliphatic carbocycles. The van der Waals surface area contributed by atoms with Crippen molar-refractivity contribution in [3.8, 4) is 0 Å². The lowest BCUT2D eigenvalue weighted by Crippen LogP contribution is -2.42. The molecule has 1 amide bonds. The normalized spacial score (nSPS) is 17.5. The van der Waals surface area contributed by atoms with E-state index >= 15 is 0 Å². The van der Waals surface area contributed by atoms with Crippen LogP contribution in [-0.4, -0.2) is 30.4 Å². The molecule has 3 aromatic rings. The Balaban J connectivity index is 1.73. The van der Waals surface area contributed by atoms with Crippen LogP contribution in [0.4, 0.5) is 17.6 Å². The number of halogens is 6. The first-order valence-electron chi connectivity index (χ1n) is 10.9. The third kappa shape index (κ3) is 5.29. The van der Waals surface area contributed by atoms with E-state index in [1.807, 2.05) is 0 Å². The number of benzene rings is 3. The summed E-state index contributed by atoms with van der Waals surface area (Å²) in [5, 5.41) is 10.9. The Kier molecular flexibility index (Phi) is 8.14. The van der Waals surface area contributed by atoms with Crippen molar-refractivity contribution < 1.29 is 37.1 Å². The van der Waals surface area contributed by atoms with E-state index in [9.17, 15) is 22.4 Å². The van der Waals surface area contributed by atoms with Crippen LogP contribution in [0.5, 0.6) is 0 Å². The molecule has 0 fully saturated rings. The minimum atomic E-state index is -4.98. The minimum Gasteiger partial charge on any atom is -0.394 e. The number of hydrogen-bond acceptors (Lipinski definition) is 6. The number of amides is 1. The largest absolute Gasteiger partial charge is 0.428 e. The number of aliphatic hydroxyl groups excluding tert-OH is 1. The molecule has 0 saturated carbocycles. The zero-order chi connectivity index (χ0) is 27.5. The van der Waals surface area contributed by atoms with Crippen molar-refractivity contribution in [2.75, 3.05) is 13.2 Å². The van der Waals surface area contributed by atoms with E-state index in [0.717, 1.165) is 18.2 Å². The topological polar surface area (TPSA) is 91.9 Å². The van der Waals surface area contributed by atoms with Crippen LogP contribution in [0.1, 0.15) is 21.5 Å². The van der Waals surface area contributed by atoms with Crippen molar-refractivity contribution >= 4 is 45.6 Å². The second-order valence-electron chi connectivity index (χ2n) is 7.95. The second kappa shape index (κ2) is 11.2. The SMILES string of the molecule is O=C(NC=CNOCCO)c1ccc(C2=CC(c3cc(Cl)c(F)c(Cl)c3)(C(F)(F)F)ON2)c2ccccc12. The molecule has 38 heavy (non-hydrogen) atoms. The number of carbonyl (C=O) groups excluding carboxylic acids is 1. The number of hydroxylamine groups is 2. The summed E-state index contributed by atoms with van der Waals surface area (Å²) in [6, 6.07) is 11.2. The van der Waals surface area contributed by atoms with Crippen LogP contribution in [0.25, 0.3) is 16.5 Å². The number of alkyl halides is 3. The molecule has 1 aliphatic heterocycles.